The minimum atomic E-state index is -0.757. The molecule has 7 nitrogen and oxygen atoms in total. The van der Waals surface area contributed by atoms with Gasteiger partial charge in [-0.3, -0.25) is 4.79 Å². The summed E-state index contributed by atoms with van der Waals surface area (Å²) in [6.07, 6.45) is 1.98. The van der Waals surface area contributed by atoms with Gasteiger partial charge in [-0.1, -0.05) is 36.4 Å². The molecule has 132 valence electrons. The average molecular weight is 342 g/mol. The van der Waals surface area contributed by atoms with Gasteiger partial charge >= 0.3 is 6.03 Å². The Morgan fingerprint density at radius 1 is 1.20 bits per heavy atom. The van der Waals surface area contributed by atoms with Gasteiger partial charge in [0.1, 0.15) is 6.04 Å². The van der Waals surface area contributed by atoms with Crippen LogP contribution in [-0.4, -0.2) is 29.6 Å². The molecule has 0 bridgehead atoms. The number of benzene rings is 1. The minimum Gasteiger partial charge on any atom is -0.478 e. The summed E-state index contributed by atoms with van der Waals surface area (Å²) < 4.78 is 5.44. The summed E-state index contributed by atoms with van der Waals surface area (Å²) in [5, 5.41) is 5.28. The van der Waals surface area contributed by atoms with Gasteiger partial charge in [0.15, 0.2) is 0 Å². The standard InChI is InChI=1S/C18H22N4O3/c1-2-25-17-14(9-6-10-20-17)12-21-16(23)15(22-18(19)24)11-13-7-4-3-5-8-13/h3-10,15H,2,11-12H2,1H3,(H,21,23)(H3,19,22,24)/t15-/m0/s1. The number of carbonyl (C=O) groups is 2. The Kier molecular flexibility index (Phi) is 6.76. The smallest absolute Gasteiger partial charge is 0.312 e. The number of hydrogen-bond donors (Lipinski definition) is 3. The number of amides is 3. The molecular formula is C18H22N4O3. The van der Waals surface area contributed by atoms with Crippen LogP contribution in [0.15, 0.2) is 48.7 Å². The first-order chi connectivity index (χ1) is 12.1. The summed E-state index contributed by atoms with van der Waals surface area (Å²) in [6.45, 7) is 2.59. The Hall–Kier alpha value is -3.09. The van der Waals surface area contributed by atoms with Crippen LogP contribution >= 0.6 is 0 Å². The topological polar surface area (TPSA) is 106 Å². The quantitative estimate of drug-likeness (QED) is 0.673. The number of nitrogens with two attached hydrogens (primary N) is 1. The van der Waals surface area contributed by atoms with Crippen molar-refractivity contribution in [1.29, 1.82) is 0 Å². The molecule has 0 saturated carbocycles. The van der Waals surface area contributed by atoms with Gasteiger partial charge in [0.2, 0.25) is 11.8 Å². The van der Waals surface area contributed by atoms with Crippen LogP contribution in [0.5, 0.6) is 5.88 Å². The van der Waals surface area contributed by atoms with E-state index in [1.54, 1.807) is 12.3 Å². The van der Waals surface area contributed by atoms with E-state index in [0.29, 0.717) is 18.9 Å². The van der Waals surface area contributed by atoms with Crippen LogP contribution in [-0.2, 0) is 17.8 Å². The normalized spacial score (nSPS) is 11.4. The van der Waals surface area contributed by atoms with Gasteiger partial charge in [-0.25, -0.2) is 9.78 Å². The Labute approximate surface area is 146 Å². The Bertz CT molecular complexity index is 706. The van der Waals surface area contributed by atoms with Gasteiger partial charge in [-0.05, 0) is 18.6 Å². The zero-order chi connectivity index (χ0) is 18.1. The summed E-state index contributed by atoms with van der Waals surface area (Å²) in [4.78, 5) is 27.8. The van der Waals surface area contributed by atoms with Crippen molar-refractivity contribution in [2.75, 3.05) is 6.61 Å². The fraction of sp³-hybridized carbons (Fsp3) is 0.278. The van der Waals surface area contributed by atoms with Crippen LogP contribution < -0.4 is 21.1 Å². The number of rotatable bonds is 8. The highest BCUT2D eigenvalue weighted by Gasteiger charge is 2.20. The van der Waals surface area contributed by atoms with Crippen LogP contribution in [0.25, 0.3) is 0 Å². The lowest BCUT2D eigenvalue weighted by atomic mass is 10.1. The monoisotopic (exact) mass is 342 g/mol. The van der Waals surface area contributed by atoms with Gasteiger partial charge in [-0.15, -0.1) is 0 Å². The van der Waals surface area contributed by atoms with Crippen molar-refractivity contribution in [2.45, 2.75) is 25.9 Å². The molecule has 2 rings (SSSR count). The van der Waals surface area contributed by atoms with E-state index in [4.69, 9.17) is 10.5 Å². The van der Waals surface area contributed by atoms with Crippen molar-refractivity contribution in [3.05, 3.63) is 59.8 Å². The van der Waals surface area contributed by atoms with E-state index in [-0.39, 0.29) is 12.5 Å². The van der Waals surface area contributed by atoms with Gasteiger partial charge in [-0.2, -0.15) is 0 Å². The number of primary amides is 1. The number of urea groups is 1. The molecule has 0 aliphatic carbocycles. The zero-order valence-electron chi connectivity index (χ0n) is 14.1. The third-order valence-corrected chi connectivity index (χ3v) is 3.50. The number of nitrogens with zero attached hydrogens (tertiary/aromatic N) is 1. The third kappa shape index (κ3) is 5.80. The summed E-state index contributed by atoms with van der Waals surface area (Å²) in [6, 6.07) is 11.5. The molecule has 25 heavy (non-hydrogen) atoms. The average Bonchev–Trinajstić information content (AvgIpc) is 2.61. The van der Waals surface area contributed by atoms with E-state index in [9.17, 15) is 9.59 Å². The molecule has 0 spiro atoms. The summed E-state index contributed by atoms with van der Waals surface area (Å²) >= 11 is 0. The molecule has 1 heterocycles. The molecule has 2 aromatic rings. The van der Waals surface area contributed by atoms with Crippen LogP contribution in [0.4, 0.5) is 4.79 Å². The fourth-order valence-electron chi connectivity index (χ4n) is 2.36. The van der Waals surface area contributed by atoms with E-state index in [2.05, 4.69) is 15.6 Å². The maximum Gasteiger partial charge on any atom is 0.312 e. The largest absolute Gasteiger partial charge is 0.478 e. The molecule has 1 aromatic heterocycles. The van der Waals surface area contributed by atoms with Crippen LogP contribution in [0, 0.1) is 0 Å². The Balaban J connectivity index is 2.03. The fourth-order valence-corrected chi connectivity index (χ4v) is 2.36. The van der Waals surface area contributed by atoms with E-state index in [1.165, 1.54) is 0 Å². The molecule has 0 aliphatic heterocycles. The van der Waals surface area contributed by atoms with Crippen molar-refractivity contribution in [3.63, 3.8) is 0 Å². The van der Waals surface area contributed by atoms with E-state index in [1.807, 2.05) is 43.3 Å². The highest BCUT2D eigenvalue weighted by molar-refractivity contribution is 5.86. The van der Waals surface area contributed by atoms with Gasteiger partial charge in [0.05, 0.1) is 6.61 Å². The van der Waals surface area contributed by atoms with Crippen molar-refractivity contribution in [2.24, 2.45) is 5.73 Å². The first-order valence-electron chi connectivity index (χ1n) is 8.04. The zero-order valence-corrected chi connectivity index (χ0v) is 14.1. The van der Waals surface area contributed by atoms with E-state index < -0.39 is 12.1 Å². The number of carbonyl (C=O) groups excluding carboxylic acids is 2. The number of pyridine rings is 1. The molecule has 0 aliphatic rings. The second-order valence-corrected chi connectivity index (χ2v) is 5.37. The molecule has 1 atom stereocenters. The Morgan fingerprint density at radius 3 is 2.64 bits per heavy atom. The van der Waals surface area contributed by atoms with Crippen molar-refractivity contribution in [1.82, 2.24) is 15.6 Å². The summed E-state index contributed by atoms with van der Waals surface area (Å²) in [5.74, 6) is 0.154. The highest BCUT2D eigenvalue weighted by atomic mass is 16.5. The lowest BCUT2D eigenvalue weighted by Gasteiger charge is -2.18. The van der Waals surface area contributed by atoms with Crippen LogP contribution in [0.3, 0.4) is 0 Å². The molecule has 0 radical (unpaired) electrons. The third-order valence-electron chi connectivity index (χ3n) is 3.50. The highest BCUT2D eigenvalue weighted by Crippen LogP contribution is 2.14. The van der Waals surface area contributed by atoms with Crippen molar-refractivity contribution < 1.29 is 14.3 Å². The predicted octanol–water partition coefficient (Wildman–Crippen LogP) is 1.38. The second kappa shape index (κ2) is 9.27. The lowest BCUT2D eigenvalue weighted by molar-refractivity contribution is -0.123. The first kappa shape index (κ1) is 18.3. The number of hydrogen-bond acceptors (Lipinski definition) is 4. The first-order valence-corrected chi connectivity index (χ1v) is 8.04. The van der Waals surface area contributed by atoms with Crippen molar-refractivity contribution >= 4 is 11.9 Å². The van der Waals surface area contributed by atoms with Crippen molar-refractivity contribution in [3.8, 4) is 5.88 Å². The van der Waals surface area contributed by atoms with Gasteiger partial charge < -0.3 is 21.1 Å². The van der Waals surface area contributed by atoms with Gasteiger partial charge in [0.25, 0.3) is 0 Å². The minimum absolute atomic E-state index is 0.244. The molecule has 3 amide bonds. The van der Waals surface area contributed by atoms with E-state index in [0.717, 1.165) is 11.1 Å². The maximum atomic E-state index is 12.5. The molecule has 7 heteroatoms. The summed E-state index contributed by atoms with van der Waals surface area (Å²) in [5.41, 5.74) is 6.88. The molecule has 1 aromatic carbocycles. The lowest BCUT2D eigenvalue weighted by Crippen LogP contribution is -2.49. The SMILES string of the molecule is CCOc1ncccc1CNC(=O)[C@H](Cc1ccccc1)NC(N)=O. The molecule has 0 unspecified atom stereocenters. The number of nitrogens with one attached hydrogen (secondary N) is 2. The van der Waals surface area contributed by atoms with Crippen LogP contribution in [0.2, 0.25) is 0 Å². The van der Waals surface area contributed by atoms with Gasteiger partial charge in [0, 0.05) is 24.7 Å². The maximum absolute atomic E-state index is 12.5. The summed E-state index contributed by atoms with van der Waals surface area (Å²) in [7, 11) is 0. The molecule has 0 fully saturated rings. The van der Waals surface area contributed by atoms with Crippen LogP contribution in [0.1, 0.15) is 18.1 Å². The second-order valence-electron chi connectivity index (χ2n) is 5.37. The van der Waals surface area contributed by atoms with E-state index >= 15 is 0 Å². The molecule has 4 N–H and O–H groups in total. The number of aromatic nitrogens is 1. The molecule has 0 saturated heterocycles. The Morgan fingerprint density at radius 2 is 1.96 bits per heavy atom. The molecular weight excluding hydrogens is 320 g/mol. The number of ether oxygens (including phenoxy) is 1. The predicted molar refractivity (Wildman–Crippen MR) is 93.9 cm³/mol.